The molecule has 1 heterocycles. The van der Waals surface area contributed by atoms with E-state index in [1.807, 2.05) is 0 Å². The van der Waals surface area contributed by atoms with Crippen molar-refractivity contribution in [3.63, 3.8) is 0 Å². The second-order valence-electron chi connectivity index (χ2n) is 4.37. The third-order valence-corrected chi connectivity index (χ3v) is 2.97. The molecule has 0 radical (unpaired) electrons. The van der Waals surface area contributed by atoms with Crippen LogP contribution in [0.25, 0.3) is 10.9 Å². The van der Waals surface area contributed by atoms with Crippen molar-refractivity contribution in [3.8, 4) is 11.8 Å². The Morgan fingerprint density at radius 2 is 2.13 bits per heavy atom. The number of benzene rings is 1. The van der Waals surface area contributed by atoms with Gasteiger partial charge in [-0.25, -0.2) is 9.98 Å². The zero-order chi connectivity index (χ0) is 17.0. The van der Waals surface area contributed by atoms with E-state index in [0.29, 0.717) is 12.4 Å². The summed E-state index contributed by atoms with van der Waals surface area (Å²) in [6.45, 7) is 2.00. The SMILES string of the molecule is CCOC=Nc1c(C#N)c(C(F)(F)F)nc2ccc(OC)cc12. The third kappa shape index (κ3) is 3.34. The van der Waals surface area contributed by atoms with Gasteiger partial charge >= 0.3 is 6.18 Å². The molecule has 120 valence electrons. The number of hydrogen-bond acceptors (Lipinski definition) is 5. The number of fused-ring (bicyclic) bond motifs is 1. The van der Waals surface area contributed by atoms with Crippen molar-refractivity contribution in [2.45, 2.75) is 13.1 Å². The second-order valence-corrected chi connectivity index (χ2v) is 4.37. The van der Waals surface area contributed by atoms with Crippen LogP contribution in [0.1, 0.15) is 18.2 Å². The van der Waals surface area contributed by atoms with Gasteiger partial charge in [0.25, 0.3) is 0 Å². The number of aromatic nitrogens is 1. The zero-order valence-corrected chi connectivity index (χ0v) is 12.3. The van der Waals surface area contributed by atoms with Gasteiger partial charge < -0.3 is 9.47 Å². The van der Waals surface area contributed by atoms with Crippen LogP contribution in [-0.2, 0) is 10.9 Å². The highest BCUT2D eigenvalue weighted by atomic mass is 19.4. The van der Waals surface area contributed by atoms with Gasteiger partial charge in [0.2, 0.25) is 0 Å². The topological polar surface area (TPSA) is 67.5 Å². The number of hydrogen-bond donors (Lipinski definition) is 0. The number of nitrogens with zero attached hydrogens (tertiary/aromatic N) is 3. The Hall–Kier alpha value is -2.82. The summed E-state index contributed by atoms with van der Waals surface area (Å²) in [5.41, 5.74) is -2.03. The molecule has 0 aliphatic rings. The number of ether oxygens (including phenoxy) is 2. The van der Waals surface area contributed by atoms with E-state index in [2.05, 4.69) is 9.98 Å². The molecule has 0 saturated carbocycles. The van der Waals surface area contributed by atoms with E-state index in [-0.39, 0.29) is 16.6 Å². The van der Waals surface area contributed by atoms with Gasteiger partial charge in [-0.3, -0.25) is 0 Å². The Morgan fingerprint density at radius 1 is 1.39 bits per heavy atom. The van der Waals surface area contributed by atoms with Crippen LogP contribution >= 0.6 is 0 Å². The van der Waals surface area contributed by atoms with Crippen LogP contribution in [0, 0.1) is 11.3 Å². The molecule has 2 aromatic rings. The molecule has 0 spiro atoms. The maximum atomic E-state index is 13.2. The molecule has 0 fully saturated rings. The molecule has 1 aromatic carbocycles. The maximum Gasteiger partial charge on any atom is 0.434 e. The molecule has 23 heavy (non-hydrogen) atoms. The van der Waals surface area contributed by atoms with Gasteiger partial charge in [0.1, 0.15) is 17.4 Å². The van der Waals surface area contributed by atoms with Gasteiger partial charge in [-0.15, -0.1) is 0 Å². The number of nitriles is 1. The summed E-state index contributed by atoms with van der Waals surface area (Å²) in [4.78, 5) is 7.44. The largest absolute Gasteiger partial charge is 0.497 e. The normalized spacial score (nSPS) is 11.7. The lowest BCUT2D eigenvalue weighted by molar-refractivity contribution is -0.141. The first-order valence-corrected chi connectivity index (χ1v) is 6.55. The van der Waals surface area contributed by atoms with Gasteiger partial charge in [-0.2, -0.15) is 18.4 Å². The van der Waals surface area contributed by atoms with Crippen molar-refractivity contribution in [2.24, 2.45) is 4.99 Å². The van der Waals surface area contributed by atoms with Gasteiger partial charge in [0.15, 0.2) is 12.1 Å². The smallest absolute Gasteiger partial charge is 0.434 e. The molecule has 0 amide bonds. The lowest BCUT2D eigenvalue weighted by Crippen LogP contribution is -2.11. The van der Waals surface area contributed by atoms with E-state index in [9.17, 15) is 13.2 Å². The van der Waals surface area contributed by atoms with Crippen molar-refractivity contribution in [1.82, 2.24) is 4.98 Å². The lowest BCUT2D eigenvalue weighted by atomic mass is 10.1. The van der Waals surface area contributed by atoms with Crippen molar-refractivity contribution >= 4 is 23.0 Å². The van der Waals surface area contributed by atoms with E-state index < -0.39 is 17.4 Å². The summed E-state index contributed by atoms with van der Waals surface area (Å²) in [6.07, 6.45) is -3.76. The van der Waals surface area contributed by atoms with Crippen LogP contribution in [-0.4, -0.2) is 25.1 Å². The lowest BCUT2D eigenvalue weighted by Gasteiger charge is -2.12. The number of aliphatic imine (C=N–C) groups is 1. The predicted molar refractivity (Wildman–Crippen MR) is 77.8 cm³/mol. The fraction of sp³-hybridized carbons (Fsp3) is 0.267. The maximum absolute atomic E-state index is 13.2. The number of methoxy groups -OCH3 is 1. The molecule has 0 unspecified atom stereocenters. The Labute approximate surface area is 130 Å². The molecular formula is C15H12F3N3O2. The highest BCUT2D eigenvalue weighted by Crippen LogP contribution is 2.39. The van der Waals surface area contributed by atoms with Crippen LogP contribution < -0.4 is 4.74 Å². The molecule has 0 aliphatic heterocycles. The van der Waals surface area contributed by atoms with Gasteiger partial charge in [-0.1, -0.05) is 0 Å². The molecule has 0 bridgehead atoms. The molecule has 5 nitrogen and oxygen atoms in total. The van der Waals surface area contributed by atoms with Crippen LogP contribution in [0.5, 0.6) is 5.75 Å². The quantitative estimate of drug-likeness (QED) is 0.633. The fourth-order valence-corrected chi connectivity index (χ4v) is 1.96. The Bertz CT molecular complexity index is 795. The van der Waals surface area contributed by atoms with Gasteiger partial charge in [0, 0.05) is 5.39 Å². The van der Waals surface area contributed by atoms with Gasteiger partial charge in [0.05, 0.1) is 24.9 Å². The average Bonchev–Trinajstić information content (AvgIpc) is 2.53. The summed E-state index contributed by atoms with van der Waals surface area (Å²) < 4.78 is 49.5. The molecule has 0 atom stereocenters. The van der Waals surface area contributed by atoms with Crippen LogP contribution in [0.2, 0.25) is 0 Å². The van der Waals surface area contributed by atoms with Crippen molar-refractivity contribution < 1.29 is 22.6 Å². The molecular weight excluding hydrogens is 311 g/mol. The van der Waals surface area contributed by atoms with E-state index in [1.54, 1.807) is 6.92 Å². The average molecular weight is 323 g/mol. The van der Waals surface area contributed by atoms with Crippen molar-refractivity contribution in [3.05, 3.63) is 29.5 Å². The van der Waals surface area contributed by atoms with Crippen molar-refractivity contribution in [2.75, 3.05) is 13.7 Å². The minimum atomic E-state index is -4.77. The molecule has 8 heteroatoms. The summed E-state index contributed by atoms with van der Waals surface area (Å²) in [7, 11) is 1.42. The Morgan fingerprint density at radius 3 is 2.70 bits per heavy atom. The molecule has 0 N–H and O–H groups in total. The van der Waals surface area contributed by atoms with Crippen LogP contribution in [0.3, 0.4) is 0 Å². The highest BCUT2D eigenvalue weighted by Gasteiger charge is 2.37. The Kier molecular flexibility index (Phi) is 4.69. The van der Waals surface area contributed by atoms with Gasteiger partial charge in [-0.05, 0) is 25.1 Å². The minimum Gasteiger partial charge on any atom is -0.497 e. The minimum absolute atomic E-state index is 0.0563. The van der Waals surface area contributed by atoms with E-state index in [4.69, 9.17) is 14.7 Å². The molecule has 1 aromatic heterocycles. The van der Waals surface area contributed by atoms with E-state index in [0.717, 1.165) is 6.40 Å². The predicted octanol–water partition coefficient (Wildman–Crippen LogP) is 3.83. The first kappa shape index (κ1) is 16.5. The summed E-state index contributed by atoms with van der Waals surface area (Å²) >= 11 is 0. The summed E-state index contributed by atoms with van der Waals surface area (Å²) in [5, 5.41) is 9.44. The summed E-state index contributed by atoms with van der Waals surface area (Å²) in [5.74, 6) is 0.413. The number of halogens is 3. The first-order valence-electron chi connectivity index (χ1n) is 6.55. The molecule has 0 saturated heterocycles. The highest BCUT2D eigenvalue weighted by molar-refractivity contribution is 5.95. The number of rotatable bonds is 4. The number of pyridine rings is 1. The van der Waals surface area contributed by atoms with E-state index >= 15 is 0 Å². The molecule has 0 aliphatic carbocycles. The van der Waals surface area contributed by atoms with Crippen molar-refractivity contribution in [1.29, 1.82) is 5.26 Å². The standard InChI is InChI=1S/C15H12F3N3O2/c1-3-23-8-20-13-10-6-9(22-2)4-5-12(10)21-14(11(13)7-19)15(16,17)18/h4-6,8H,3H2,1-2H3. The molecule has 2 rings (SSSR count). The first-order chi connectivity index (χ1) is 10.9. The fourth-order valence-electron chi connectivity index (χ4n) is 1.96. The second kappa shape index (κ2) is 6.52. The third-order valence-electron chi connectivity index (χ3n) is 2.97. The summed E-state index contributed by atoms with van der Waals surface area (Å²) in [6, 6.07) is 5.87. The van der Waals surface area contributed by atoms with Crippen LogP contribution in [0.4, 0.5) is 18.9 Å². The number of alkyl halides is 3. The Balaban J connectivity index is 2.84. The monoisotopic (exact) mass is 323 g/mol. The van der Waals surface area contributed by atoms with Crippen LogP contribution in [0.15, 0.2) is 23.2 Å². The van der Waals surface area contributed by atoms with E-state index in [1.165, 1.54) is 31.4 Å². The zero-order valence-electron chi connectivity index (χ0n) is 12.3.